The van der Waals surface area contributed by atoms with Crippen LogP contribution in [0.25, 0.3) is 0 Å². The van der Waals surface area contributed by atoms with Gasteiger partial charge < -0.3 is 5.11 Å². The van der Waals surface area contributed by atoms with Gasteiger partial charge in [-0.05, 0) is 18.8 Å². The summed E-state index contributed by atoms with van der Waals surface area (Å²) in [4.78, 5) is 0. The molecule has 0 bridgehead atoms. The second-order valence-corrected chi connectivity index (χ2v) is 2.82. The zero-order valence-corrected chi connectivity index (χ0v) is 6.35. The van der Waals surface area contributed by atoms with Crippen molar-refractivity contribution in [1.29, 1.82) is 0 Å². The van der Waals surface area contributed by atoms with Crippen molar-refractivity contribution in [3.8, 4) is 0 Å². The number of aliphatic hydroxyl groups is 1. The summed E-state index contributed by atoms with van der Waals surface area (Å²) < 4.78 is 0. The maximum Gasteiger partial charge on any atom is 0.0468 e. The summed E-state index contributed by atoms with van der Waals surface area (Å²) in [6.07, 6.45) is 1.80. The summed E-state index contributed by atoms with van der Waals surface area (Å²) in [7, 11) is 0. The third kappa shape index (κ3) is 5.57. The molecule has 0 aromatic rings. The van der Waals surface area contributed by atoms with Crippen LogP contribution >= 0.6 is 0 Å². The maximum absolute atomic E-state index is 8.49. The molecule has 1 nitrogen and oxygen atoms in total. The highest BCUT2D eigenvalue weighted by atomic mass is 16.2. The van der Waals surface area contributed by atoms with E-state index in [1.807, 2.05) is 0 Å². The lowest BCUT2D eigenvalue weighted by Gasteiger charge is -2.05. The number of aliphatic hydroxyl groups excluding tert-OH is 1. The molecule has 1 heteroatoms. The van der Waals surface area contributed by atoms with Gasteiger partial charge in [-0.15, -0.1) is 0 Å². The van der Waals surface area contributed by atoms with Crippen LogP contribution in [0.1, 0.15) is 26.7 Å². The van der Waals surface area contributed by atoms with Crippen molar-refractivity contribution >= 4 is 0 Å². The van der Waals surface area contributed by atoms with E-state index in [1.54, 1.807) is 0 Å². The molecule has 0 aliphatic carbocycles. The highest BCUT2D eigenvalue weighted by Crippen LogP contribution is 2.10. The Bertz CT molecular complexity index is 84.6. The van der Waals surface area contributed by atoms with Crippen molar-refractivity contribution in [3.05, 3.63) is 12.2 Å². The zero-order chi connectivity index (χ0) is 7.28. The minimum atomic E-state index is 0.242. The molecule has 0 aliphatic rings. The van der Waals surface area contributed by atoms with Gasteiger partial charge in [0.2, 0.25) is 0 Å². The maximum atomic E-state index is 8.49. The van der Waals surface area contributed by atoms with Crippen molar-refractivity contribution < 1.29 is 5.11 Å². The van der Waals surface area contributed by atoms with Gasteiger partial charge in [-0.3, -0.25) is 0 Å². The SMILES string of the molecule is C=C(CCO)CC(C)C. The van der Waals surface area contributed by atoms with E-state index in [0.29, 0.717) is 5.92 Å². The summed E-state index contributed by atoms with van der Waals surface area (Å²) >= 11 is 0. The lowest BCUT2D eigenvalue weighted by Crippen LogP contribution is -1.92. The van der Waals surface area contributed by atoms with E-state index in [0.717, 1.165) is 18.4 Å². The van der Waals surface area contributed by atoms with Crippen molar-refractivity contribution in [2.45, 2.75) is 26.7 Å². The van der Waals surface area contributed by atoms with Crippen LogP contribution in [0.2, 0.25) is 0 Å². The Labute approximate surface area is 57.4 Å². The predicted octanol–water partition coefficient (Wildman–Crippen LogP) is 1.97. The van der Waals surface area contributed by atoms with Gasteiger partial charge in [-0.25, -0.2) is 0 Å². The monoisotopic (exact) mass is 128 g/mol. The zero-order valence-electron chi connectivity index (χ0n) is 6.35. The summed E-state index contributed by atoms with van der Waals surface area (Å²) in [5.41, 5.74) is 1.16. The van der Waals surface area contributed by atoms with Gasteiger partial charge >= 0.3 is 0 Å². The molecule has 0 amide bonds. The van der Waals surface area contributed by atoms with E-state index < -0.39 is 0 Å². The fourth-order valence-corrected chi connectivity index (χ4v) is 0.838. The number of rotatable bonds is 4. The highest BCUT2D eigenvalue weighted by molar-refractivity contribution is 4.94. The van der Waals surface area contributed by atoms with Crippen LogP contribution in [-0.4, -0.2) is 11.7 Å². The topological polar surface area (TPSA) is 20.2 Å². The number of hydrogen-bond donors (Lipinski definition) is 1. The molecule has 0 aliphatic heterocycles. The largest absolute Gasteiger partial charge is 0.396 e. The van der Waals surface area contributed by atoms with Crippen LogP contribution in [0.5, 0.6) is 0 Å². The molecule has 0 unspecified atom stereocenters. The van der Waals surface area contributed by atoms with E-state index >= 15 is 0 Å². The Hall–Kier alpha value is -0.300. The first kappa shape index (κ1) is 8.70. The van der Waals surface area contributed by atoms with Crippen molar-refractivity contribution in [3.63, 3.8) is 0 Å². The molecule has 1 N–H and O–H groups in total. The fraction of sp³-hybridized carbons (Fsp3) is 0.750. The summed E-state index contributed by atoms with van der Waals surface area (Å²) in [6.45, 7) is 8.38. The van der Waals surface area contributed by atoms with E-state index in [2.05, 4.69) is 20.4 Å². The molecular formula is C8H16O. The van der Waals surface area contributed by atoms with Crippen LogP contribution in [0.3, 0.4) is 0 Å². The summed E-state index contributed by atoms with van der Waals surface area (Å²) in [6, 6.07) is 0. The molecule has 0 atom stereocenters. The molecule has 0 fully saturated rings. The Balaban J connectivity index is 3.27. The Kier molecular flexibility index (Phi) is 4.41. The van der Waals surface area contributed by atoms with Crippen LogP contribution < -0.4 is 0 Å². The van der Waals surface area contributed by atoms with E-state index in [-0.39, 0.29) is 6.61 Å². The van der Waals surface area contributed by atoms with Gasteiger partial charge in [0, 0.05) is 6.61 Å². The summed E-state index contributed by atoms with van der Waals surface area (Å²) in [5, 5.41) is 8.49. The molecule has 0 radical (unpaired) electrons. The molecule has 54 valence electrons. The average Bonchev–Trinajstić information content (AvgIpc) is 1.63. The van der Waals surface area contributed by atoms with E-state index in [4.69, 9.17) is 5.11 Å². The first-order chi connectivity index (χ1) is 4.16. The molecule has 9 heavy (non-hydrogen) atoms. The first-order valence-corrected chi connectivity index (χ1v) is 3.44. The Morgan fingerprint density at radius 3 is 2.44 bits per heavy atom. The normalized spacial score (nSPS) is 10.2. The molecule has 0 aromatic heterocycles. The van der Waals surface area contributed by atoms with E-state index in [9.17, 15) is 0 Å². The molecule has 0 saturated heterocycles. The molecule has 0 heterocycles. The van der Waals surface area contributed by atoms with Crippen LogP contribution in [0, 0.1) is 5.92 Å². The molecule has 0 aromatic carbocycles. The minimum Gasteiger partial charge on any atom is -0.396 e. The Morgan fingerprint density at radius 2 is 2.11 bits per heavy atom. The lowest BCUT2D eigenvalue weighted by molar-refractivity contribution is 0.297. The Morgan fingerprint density at radius 1 is 1.56 bits per heavy atom. The average molecular weight is 128 g/mol. The highest BCUT2D eigenvalue weighted by Gasteiger charge is 1.96. The van der Waals surface area contributed by atoms with Gasteiger partial charge in [0.15, 0.2) is 0 Å². The molecule has 0 spiro atoms. The van der Waals surface area contributed by atoms with Gasteiger partial charge in [0.05, 0.1) is 0 Å². The quantitative estimate of drug-likeness (QED) is 0.574. The minimum absolute atomic E-state index is 0.242. The summed E-state index contributed by atoms with van der Waals surface area (Å²) in [5.74, 6) is 0.670. The second-order valence-electron chi connectivity index (χ2n) is 2.82. The third-order valence-electron chi connectivity index (χ3n) is 1.16. The second kappa shape index (κ2) is 4.57. The van der Waals surface area contributed by atoms with Gasteiger partial charge in [0.25, 0.3) is 0 Å². The predicted molar refractivity (Wildman–Crippen MR) is 40.3 cm³/mol. The van der Waals surface area contributed by atoms with Crippen LogP contribution in [0.4, 0.5) is 0 Å². The van der Waals surface area contributed by atoms with Gasteiger partial charge in [-0.1, -0.05) is 26.0 Å². The van der Waals surface area contributed by atoms with Crippen molar-refractivity contribution in [2.24, 2.45) is 5.92 Å². The van der Waals surface area contributed by atoms with Gasteiger partial charge in [0.1, 0.15) is 0 Å². The lowest BCUT2D eigenvalue weighted by atomic mass is 10.0. The van der Waals surface area contributed by atoms with Crippen molar-refractivity contribution in [2.75, 3.05) is 6.61 Å². The standard InChI is InChI=1S/C8H16O/c1-7(2)6-8(3)4-5-9/h7,9H,3-6H2,1-2H3. The van der Waals surface area contributed by atoms with Crippen molar-refractivity contribution in [1.82, 2.24) is 0 Å². The fourth-order valence-electron chi connectivity index (χ4n) is 0.838. The van der Waals surface area contributed by atoms with Crippen LogP contribution in [0.15, 0.2) is 12.2 Å². The molecule has 0 saturated carbocycles. The molecule has 0 rings (SSSR count). The number of hydrogen-bond acceptors (Lipinski definition) is 1. The van der Waals surface area contributed by atoms with E-state index in [1.165, 1.54) is 0 Å². The first-order valence-electron chi connectivity index (χ1n) is 3.44. The third-order valence-corrected chi connectivity index (χ3v) is 1.16. The molecular weight excluding hydrogens is 112 g/mol. The smallest absolute Gasteiger partial charge is 0.0468 e. The van der Waals surface area contributed by atoms with Gasteiger partial charge in [-0.2, -0.15) is 0 Å². The van der Waals surface area contributed by atoms with Crippen LogP contribution in [-0.2, 0) is 0 Å².